The molecule has 0 radical (unpaired) electrons. The number of nitrogens with one attached hydrogen (secondary N) is 1. The number of ether oxygens (including phenoxy) is 1. The number of rotatable bonds is 6. The highest BCUT2D eigenvalue weighted by Crippen LogP contribution is 2.34. The molecule has 1 aromatic heterocycles. The van der Waals surface area contributed by atoms with E-state index in [-0.39, 0.29) is 18.3 Å². The van der Waals surface area contributed by atoms with Crippen molar-refractivity contribution in [3.05, 3.63) is 70.2 Å². The minimum Gasteiger partial charge on any atom is -0.462 e. The van der Waals surface area contributed by atoms with Gasteiger partial charge in [-0.2, -0.15) is 0 Å². The first-order valence-electron chi connectivity index (χ1n) is 8.85. The number of benzene rings is 2. The Kier molecular flexibility index (Phi) is 6.04. The van der Waals surface area contributed by atoms with Crippen molar-refractivity contribution < 1.29 is 18.3 Å². The molecule has 0 aliphatic rings. The van der Waals surface area contributed by atoms with Gasteiger partial charge in [-0.3, -0.25) is 0 Å². The summed E-state index contributed by atoms with van der Waals surface area (Å²) in [4.78, 5) is 17.2. The molecule has 7 heteroatoms. The summed E-state index contributed by atoms with van der Waals surface area (Å²) in [7, 11) is 1.72. The molecule has 1 atom stereocenters. The van der Waals surface area contributed by atoms with Crippen LogP contribution in [0.25, 0.3) is 11.1 Å². The molecule has 0 saturated heterocycles. The zero-order chi connectivity index (χ0) is 20.3. The van der Waals surface area contributed by atoms with Gasteiger partial charge in [0, 0.05) is 18.5 Å². The lowest BCUT2D eigenvalue weighted by Crippen LogP contribution is -2.08. The Morgan fingerprint density at radius 2 is 1.93 bits per heavy atom. The van der Waals surface area contributed by atoms with Gasteiger partial charge in [0.25, 0.3) is 0 Å². The number of halogens is 2. The first kappa shape index (κ1) is 19.9. The molecule has 146 valence electrons. The van der Waals surface area contributed by atoms with Crippen molar-refractivity contribution in [2.24, 2.45) is 0 Å². The van der Waals surface area contributed by atoms with E-state index in [1.807, 2.05) is 6.92 Å². The molecule has 4 nitrogen and oxygen atoms in total. The Hall–Kier alpha value is -2.80. The zero-order valence-corrected chi connectivity index (χ0v) is 16.6. The first-order chi connectivity index (χ1) is 13.4. The molecule has 0 saturated carbocycles. The number of nitrogens with zero attached hydrogens (tertiary/aromatic N) is 1. The second-order valence-electron chi connectivity index (χ2n) is 6.17. The fraction of sp³-hybridized carbons (Fsp3) is 0.238. The smallest absolute Gasteiger partial charge is 0.350 e. The average Bonchev–Trinajstić information content (AvgIpc) is 3.13. The van der Waals surface area contributed by atoms with E-state index >= 15 is 0 Å². The Balaban J connectivity index is 1.96. The number of anilines is 1. The molecule has 0 bridgehead atoms. The van der Waals surface area contributed by atoms with E-state index in [1.165, 1.54) is 41.7 Å². The van der Waals surface area contributed by atoms with E-state index in [4.69, 9.17) is 4.74 Å². The fourth-order valence-electron chi connectivity index (χ4n) is 2.90. The van der Waals surface area contributed by atoms with E-state index in [9.17, 15) is 13.6 Å². The topological polar surface area (TPSA) is 51.2 Å². The number of thiazole rings is 1. The van der Waals surface area contributed by atoms with Crippen LogP contribution in [0.1, 0.15) is 40.7 Å². The first-order valence-corrected chi connectivity index (χ1v) is 9.67. The van der Waals surface area contributed by atoms with Crippen molar-refractivity contribution in [3.63, 3.8) is 0 Å². The summed E-state index contributed by atoms with van der Waals surface area (Å²) in [6, 6.07) is 10.5. The molecular formula is C21H20F2N2O2S. The third-order valence-corrected chi connectivity index (χ3v) is 5.46. The standard InChI is InChI=1S/C21H20F2N2O2S/c1-4-27-20(26)19-18(25-21(24-3)28-19)12(2)14-7-10-16(17(23)11-14)13-5-8-15(22)9-6-13/h5-12H,4H2,1-3H3,(H,24,25). The normalized spacial score (nSPS) is 11.9. The van der Waals surface area contributed by atoms with Gasteiger partial charge < -0.3 is 10.1 Å². The van der Waals surface area contributed by atoms with E-state index in [1.54, 1.807) is 26.1 Å². The van der Waals surface area contributed by atoms with Crippen molar-refractivity contribution in [2.75, 3.05) is 19.0 Å². The van der Waals surface area contributed by atoms with Gasteiger partial charge in [0.1, 0.15) is 16.5 Å². The molecule has 3 aromatic rings. The highest BCUT2D eigenvalue weighted by molar-refractivity contribution is 7.17. The lowest BCUT2D eigenvalue weighted by molar-refractivity contribution is 0.0530. The van der Waals surface area contributed by atoms with Gasteiger partial charge in [-0.05, 0) is 36.2 Å². The second kappa shape index (κ2) is 8.48. The van der Waals surface area contributed by atoms with Gasteiger partial charge in [-0.25, -0.2) is 18.6 Å². The summed E-state index contributed by atoms with van der Waals surface area (Å²) in [5.74, 6) is -1.54. The van der Waals surface area contributed by atoms with Crippen LogP contribution in [0.3, 0.4) is 0 Å². The van der Waals surface area contributed by atoms with Crippen LogP contribution in [-0.2, 0) is 4.74 Å². The molecule has 1 heterocycles. The van der Waals surface area contributed by atoms with Gasteiger partial charge in [0.2, 0.25) is 0 Å². The fourth-order valence-corrected chi connectivity index (χ4v) is 3.81. The molecule has 3 rings (SSSR count). The summed E-state index contributed by atoms with van der Waals surface area (Å²) in [6.07, 6.45) is 0. The van der Waals surface area contributed by atoms with Crippen LogP contribution >= 0.6 is 11.3 Å². The van der Waals surface area contributed by atoms with E-state index < -0.39 is 11.8 Å². The van der Waals surface area contributed by atoms with Crippen LogP contribution in [0, 0.1) is 11.6 Å². The summed E-state index contributed by atoms with van der Waals surface area (Å²) in [6.45, 7) is 3.87. The lowest BCUT2D eigenvalue weighted by Gasteiger charge is -2.13. The number of aromatic nitrogens is 1. The van der Waals surface area contributed by atoms with Crippen LogP contribution in [0.5, 0.6) is 0 Å². The Bertz CT molecular complexity index is 987. The van der Waals surface area contributed by atoms with Crippen LogP contribution in [0.15, 0.2) is 42.5 Å². The molecular weight excluding hydrogens is 382 g/mol. The number of hydrogen-bond acceptors (Lipinski definition) is 5. The van der Waals surface area contributed by atoms with Gasteiger partial charge in [0.15, 0.2) is 5.13 Å². The highest BCUT2D eigenvalue weighted by atomic mass is 32.1. The molecule has 0 aliphatic heterocycles. The Morgan fingerprint density at radius 3 is 2.54 bits per heavy atom. The van der Waals surface area contributed by atoms with Crippen LogP contribution < -0.4 is 5.32 Å². The minimum absolute atomic E-state index is 0.264. The van der Waals surface area contributed by atoms with Crippen molar-refractivity contribution >= 4 is 22.4 Å². The predicted molar refractivity (Wildman–Crippen MR) is 107 cm³/mol. The number of carbonyl (C=O) groups excluding carboxylic acids is 1. The third kappa shape index (κ3) is 4.04. The quantitative estimate of drug-likeness (QED) is 0.557. The minimum atomic E-state index is -0.438. The van der Waals surface area contributed by atoms with Crippen molar-refractivity contribution in [3.8, 4) is 11.1 Å². The average molecular weight is 402 g/mol. The monoisotopic (exact) mass is 402 g/mol. The molecule has 0 amide bonds. The maximum atomic E-state index is 14.7. The SMILES string of the molecule is CCOC(=O)c1sc(NC)nc1C(C)c1ccc(-c2ccc(F)cc2)c(F)c1. The van der Waals surface area contributed by atoms with E-state index in [2.05, 4.69) is 10.3 Å². The number of esters is 1. The molecule has 1 unspecified atom stereocenters. The molecule has 0 spiro atoms. The zero-order valence-electron chi connectivity index (χ0n) is 15.8. The number of hydrogen-bond donors (Lipinski definition) is 1. The van der Waals surface area contributed by atoms with Crippen molar-refractivity contribution in [1.29, 1.82) is 0 Å². The number of carbonyl (C=O) groups is 1. The third-order valence-electron chi connectivity index (χ3n) is 4.39. The van der Waals surface area contributed by atoms with Crippen LogP contribution in [0.4, 0.5) is 13.9 Å². The van der Waals surface area contributed by atoms with Crippen LogP contribution in [-0.4, -0.2) is 24.6 Å². The van der Waals surface area contributed by atoms with E-state index in [0.29, 0.717) is 32.4 Å². The maximum Gasteiger partial charge on any atom is 0.350 e. The molecule has 1 N–H and O–H groups in total. The molecule has 2 aromatic carbocycles. The van der Waals surface area contributed by atoms with Gasteiger partial charge >= 0.3 is 5.97 Å². The largest absolute Gasteiger partial charge is 0.462 e. The van der Waals surface area contributed by atoms with Crippen molar-refractivity contribution in [1.82, 2.24) is 4.98 Å². The summed E-state index contributed by atoms with van der Waals surface area (Å²) < 4.78 is 33.0. The van der Waals surface area contributed by atoms with Gasteiger partial charge in [0.05, 0.1) is 12.3 Å². The van der Waals surface area contributed by atoms with Crippen molar-refractivity contribution in [2.45, 2.75) is 19.8 Å². The Morgan fingerprint density at radius 1 is 1.21 bits per heavy atom. The lowest BCUT2D eigenvalue weighted by atomic mass is 9.94. The van der Waals surface area contributed by atoms with Gasteiger partial charge in [-0.1, -0.05) is 42.5 Å². The summed E-state index contributed by atoms with van der Waals surface area (Å²) >= 11 is 1.21. The second-order valence-corrected chi connectivity index (χ2v) is 7.17. The van der Waals surface area contributed by atoms with Gasteiger partial charge in [-0.15, -0.1) is 0 Å². The van der Waals surface area contributed by atoms with Crippen LogP contribution in [0.2, 0.25) is 0 Å². The highest BCUT2D eigenvalue weighted by Gasteiger charge is 2.24. The predicted octanol–water partition coefficient (Wildman–Crippen LogP) is 5.46. The molecule has 28 heavy (non-hydrogen) atoms. The maximum absolute atomic E-state index is 14.7. The summed E-state index contributed by atoms with van der Waals surface area (Å²) in [5, 5.41) is 3.52. The Labute approximate surface area is 166 Å². The van der Waals surface area contributed by atoms with E-state index in [0.717, 1.165) is 0 Å². The molecule has 0 aliphatic carbocycles. The summed E-state index contributed by atoms with van der Waals surface area (Å²) in [5.41, 5.74) is 2.20. The molecule has 0 fully saturated rings.